The van der Waals surface area contributed by atoms with Crippen LogP contribution < -0.4 is 16.6 Å². The lowest BCUT2D eigenvalue weighted by molar-refractivity contribution is 0.0691. The molecule has 1 atom stereocenters. The first-order valence-corrected chi connectivity index (χ1v) is 6.78. The second-order valence-corrected chi connectivity index (χ2v) is 5.25. The molecule has 10 heteroatoms. The predicted molar refractivity (Wildman–Crippen MR) is 75.8 cm³/mol. The van der Waals surface area contributed by atoms with E-state index in [2.05, 4.69) is 15.4 Å². The van der Waals surface area contributed by atoms with Crippen molar-refractivity contribution in [1.29, 1.82) is 0 Å². The molecule has 0 fully saturated rings. The third kappa shape index (κ3) is 2.84. The molecule has 0 amide bonds. The average molecular weight is 311 g/mol. The number of nitrogens with zero attached hydrogens (tertiary/aromatic N) is 4. The molecule has 0 radical (unpaired) electrons. The maximum Gasteiger partial charge on any atom is 0.355 e. The Balaban J connectivity index is 2.31. The van der Waals surface area contributed by atoms with E-state index in [9.17, 15) is 14.4 Å². The van der Waals surface area contributed by atoms with Crippen molar-refractivity contribution in [3.63, 3.8) is 0 Å². The summed E-state index contributed by atoms with van der Waals surface area (Å²) in [6.45, 7) is 1.72. The summed E-state index contributed by atoms with van der Waals surface area (Å²) < 4.78 is 1.98. The maximum absolute atomic E-state index is 11.9. The number of hydrogen-bond acceptors (Lipinski definition) is 7. The van der Waals surface area contributed by atoms with E-state index >= 15 is 0 Å². The molecule has 0 spiro atoms. The first kappa shape index (κ1) is 14.9. The zero-order valence-corrected chi connectivity index (χ0v) is 12.3. The van der Waals surface area contributed by atoms with E-state index in [4.69, 9.17) is 5.11 Å². The summed E-state index contributed by atoms with van der Waals surface area (Å²) in [5.41, 5.74) is -1.13. The monoisotopic (exact) mass is 311 g/mol. The van der Waals surface area contributed by atoms with Gasteiger partial charge in [-0.3, -0.25) is 9.36 Å². The molecule has 0 aliphatic heterocycles. The molecule has 112 valence electrons. The van der Waals surface area contributed by atoms with Crippen LogP contribution in [0.5, 0.6) is 0 Å². The van der Waals surface area contributed by atoms with Crippen molar-refractivity contribution in [1.82, 2.24) is 19.3 Å². The zero-order chi connectivity index (χ0) is 15.7. The molecule has 0 bridgehead atoms. The molecule has 21 heavy (non-hydrogen) atoms. The summed E-state index contributed by atoms with van der Waals surface area (Å²) in [6.07, 6.45) is 0. The summed E-state index contributed by atoms with van der Waals surface area (Å²) in [5.74, 6) is -1.11. The number of carboxylic acid groups (broad SMARTS) is 1. The van der Waals surface area contributed by atoms with Gasteiger partial charge in [-0.05, 0) is 6.92 Å². The Morgan fingerprint density at radius 3 is 2.67 bits per heavy atom. The van der Waals surface area contributed by atoms with Gasteiger partial charge in [0.2, 0.25) is 5.82 Å². The molecular weight excluding hydrogens is 298 g/mol. The largest absolute Gasteiger partial charge is 0.476 e. The fraction of sp³-hybridized carbons (Fsp3) is 0.364. The molecule has 0 saturated heterocycles. The molecule has 2 heterocycles. The van der Waals surface area contributed by atoms with E-state index in [1.807, 2.05) is 0 Å². The fourth-order valence-corrected chi connectivity index (χ4v) is 2.44. The Hall–Kier alpha value is -2.49. The number of aryl methyl sites for hydroxylation is 1. The molecule has 2 N–H and O–H groups in total. The van der Waals surface area contributed by atoms with E-state index in [-0.39, 0.29) is 11.5 Å². The minimum Gasteiger partial charge on any atom is -0.476 e. The summed E-state index contributed by atoms with van der Waals surface area (Å²) in [4.78, 5) is 38.2. The number of aromatic carboxylic acids is 1. The minimum absolute atomic E-state index is 0.000764. The van der Waals surface area contributed by atoms with E-state index < -0.39 is 23.3 Å². The van der Waals surface area contributed by atoms with Gasteiger partial charge < -0.3 is 10.4 Å². The van der Waals surface area contributed by atoms with Gasteiger partial charge in [0.25, 0.3) is 5.56 Å². The number of carboxylic acids is 1. The first-order chi connectivity index (χ1) is 9.81. The Morgan fingerprint density at radius 1 is 1.43 bits per heavy atom. The lowest BCUT2D eigenvalue weighted by Crippen LogP contribution is -2.40. The van der Waals surface area contributed by atoms with Gasteiger partial charge in [-0.2, -0.15) is 0 Å². The molecule has 9 nitrogen and oxygen atoms in total. The highest BCUT2D eigenvalue weighted by atomic mass is 32.1. The lowest BCUT2D eigenvalue weighted by Gasteiger charge is -2.12. The third-order valence-electron chi connectivity index (χ3n) is 2.79. The fourth-order valence-electron chi connectivity index (χ4n) is 1.64. The van der Waals surface area contributed by atoms with Gasteiger partial charge in [-0.25, -0.2) is 19.3 Å². The Kier molecular flexibility index (Phi) is 3.89. The molecule has 2 aromatic heterocycles. The smallest absolute Gasteiger partial charge is 0.355 e. The van der Waals surface area contributed by atoms with Gasteiger partial charge in [-0.1, -0.05) is 0 Å². The molecule has 2 rings (SSSR count). The SMILES string of the molecule is CC(Nc1nn(C)c(=O)n(C)c1=O)c1nc(C(=O)O)cs1. The molecule has 2 aromatic rings. The van der Waals surface area contributed by atoms with E-state index in [0.717, 1.165) is 20.6 Å². The van der Waals surface area contributed by atoms with Crippen LogP contribution in [0.3, 0.4) is 0 Å². The van der Waals surface area contributed by atoms with Crippen molar-refractivity contribution >= 4 is 23.1 Å². The molecule has 0 aliphatic rings. The second-order valence-electron chi connectivity index (χ2n) is 4.36. The highest BCUT2D eigenvalue weighted by Gasteiger charge is 2.17. The first-order valence-electron chi connectivity index (χ1n) is 5.91. The standard InChI is InChI=1S/C11H13N5O4S/c1-5(8-13-6(4-21-8)10(18)19)12-7-9(17)15(2)11(20)16(3)14-7/h4-5H,1-3H3,(H,12,14)(H,18,19). The molecule has 1 unspecified atom stereocenters. The van der Waals surface area contributed by atoms with Crippen molar-refractivity contribution in [3.05, 3.63) is 36.9 Å². The van der Waals surface area contributed by atoms with Crippen LogP contribution in [0.15, 0.2) is 15.0 Å². The van der Waals surface area contributed by atoms with Crippen molar-refractivity contribution in [2.24, 2.45) is 14.1 Å². The van der Waals surface area contributed by atoms with Crippen LogP contribution in [0, 0.1) is 0 Å². The van der Waals surface area contributed by atoms with E-state index in [1.54, 1.807) is 6.92 Å². The topological polar surface area (TPSA) is 119 Å². The average Bonchev–Trinajstić information content (AvgIpc) is 2.92. The summed E-state index contributed by atoms with van der Waals surface area (Å²) >= 11 is 1.16. The number of aromatic nitrogens is 4. The van der Waals surface area contributed by atoms with E-state index in [0.29, 0.717) is 5.01 Å². The van der Waals surface area contributed by atoms with Gasteiger partial charge >= 0.3 is 11.7 Å². The van der Waals surface area contributed by atoms with Gasteiger partial charge in [0.15, 0.2) is 5.69 Å². The number of hydrogen-bond donors (Lipinski definition) is 2. The quantitative estimate of drug-likeness (QED) is 0.803. The third-order valence-corrected chi connectivity index (χ3v) is 3.81. The van der Waals surface area contributed by atoms with Crippen molar-refractivity contribution in [3.8, 4) is 0 Å². The molecule has 0 aromatic carbocycles. The van der Waals surface area contributed by atoms with Gasteiger partial charge in [0.05, 0.1) is 6.04 Å². The number of carbonyl (C=O) groups is 1. The molecular formula is C11H13N5O4S. The Morgan fingerprint density at radius 2 is 2.10 bits per heavy atom. The maximum atomic E-state index is 11.9. The number of nitrogens with one attached hydrogen (secondary N) is 1. The zero-order valence-electron chi connectivity index (χ0n) is 11.5. The number of anilines is 1. The Bertz CT molecular complexity index is 806. The summed E-state index contributed by atoms with van der Waals surface area (Å²) in [6, 6.07) is -0.416. The van der Waals surface area contributed by atoms with Crippen LogP contribution in [0.25, 0.3) is 0 Å². The van der Waals surface area contributed by atoms with Crippen LogP contribution in [0.1, 0.15) is 28.5 Å². The van der Waals surface area contributed by atoms with Gasteiger partial charge in [-0.15, -0.1) is 16.4 Å². The minimum atomic E-state index is -1.11. The highest BCUT2D eigenvalue weighted by molar-refractivity contribution is 7.09. The number of rotatable bonds is 4. The molecule has 0 aliphatic carbocycles. The summed E-state index contributed by atoms with van der Waals surface area (Å²) in [5, 5.41) is 17.5. The predicted octanol–water partition coefficient (Wildman–Crippen LogP) is -0.193. The lowest BCUT2D eigenvalue weighted by atomic mass is 10.3. The van der Waals surface area contributed by atoms with Crippen molar-refractivity contribution in [2.45, 2.75) is 13.0 Å². The Labute approximate surface area is 122 Å². The number of thiazole rings is 1. The van der Waals surface area contributed by atoms with Crippen LogP contribution in [0.4, 0.5) is 5.82 Å². The normalized spacial score (nSPS) is 12.1. The van der Waals surface area contributed by atoms with Crippen molar-refractivity contribution in [2.75, 3.05) is 5.32 Å². The van der Waals surface area contributed by atoms with E-state index in [1.165, 1.54) is 19.5 Å². The van der Waals surface area contributed by atoms with Crippen LogP contribution in [-0.4, -0.2) is 30.4 Å². The van der Waals surface area contributed by atoms with Gasteiger partial charge in [0, 0.05) is 19.5 Å². The van der Waals surface area contributed by atoms with Gasteiger partial charge in [0.1, 0.15) is 5.01 Å². The second kappa shape index (κ2) is 5.48. The van der Waals surface area contributed by atoms with Crippen LogP contribution >= 0.6 is 11.3 Å². The summed E-state index contributed by atoms with van der Waals surface area (Å²) in [7, 11) is 2.79. The van der Waals surface area contributed by atoms with Crippen LogP contribution in [-0.2, 0) is 14.1 Å². The molecule has 0 saturated carbocycles. The van der Waals surface area contributed by atoms with Crippen molar-refractivity contribution < 1.29 is 9.90 Å². The highest BCUT2D eigenvalue weighted by Crippen LogP contribution is 2.20. The van der Waals surface area contributed by atoms with Crippen LogP contribution in [0.2, 0.25) is 0 Å².